The highest BCUT2D eigenvalue weighted by Crippen LogP contribution is 2.61. The van der Waals surface area contributed by atoms with Crippen LogP contribution in [-0.2, 0) is 37.9 Å². The minimum absolute atomic E-state index is 0.0146. The molecule has 15 rings (SSSR count). The lowest BCUT2D eigenvalue weighted by Gasteiger charge is -2.48. The van der Waals surface area contributed by atoms with Gasteiger partial charge in [0.15, 0.2) is 0 Å². The smallest absolute Gasteiger partial charge is 0.333 e. The molecule has 4 aliphatic carbocycles. The number of benzene rings is 8. The van der Waals surface area contributed by atoms with E-state index in [1.165, 1.54) is 146 Å². The maximum absolute atomic E-state index is 7.73. The molecule has 0 bridgehead atoms. The molecule has 3 heterocycles. The summed E-state index contributed by atoms with van der Waals surface area (Å²) >= 11 is 0. The average molecular weight is 1050 g/mol. The van der Waals surface area contributed by atoms with Crippen LogP contribution in [-0.4, -0.2) is 6.85 Å². The molecular formula is C76H79BN2O. The first kappa shape index (κ1) is 50.2. The van der Waals surface area contributed by atoms with Crippen molar-refractivity contribution in [2.45, 2.75) is 180 Å². The van der Waals surface area contributed by atoms with Crippen molar-refractivity contribution in [2.75, 3.05) is 9.71 Å². The van der Waals surface area contributed by atoms with Crippen LogP contribution in [0.3, 0.4) is 0 Å². The quantitative estimate of drug-likeness (QED) is 0.164. The molecule has 9 aromatic rings. The highest BCUT2D eigenvalue weighted by Gasteiger charge is 2.52. The summed E-state index contributed by atoms with van der Waals surface area (Å²) in [6.45, 7) is 36.7. The minimum Gasteiger partial charge on any atom is -0.455 e. The fourth-order valence-electron chi connectivity index (χ4n) is 16.7. The first-order valence-corrected chi connectivity index (χ1v) is 30.2. The van der Waals surface area contributed by atoms with Gasteiger partial charge in [-0.2, -0.15) is 0 Å². The second kappa shape index (κ2) is 16.0. The van der Waals surface area contributed by atoms with Crippen LogP contribution < -0.4 is 20.6 Å². The van der Waals surface area contributed by atoms with Gasteiger partial charge in [0.1, 0.15) is 11.2 Å². The van der Waals surface area contributed by atoms with Crippen molar-refractivity contribution in [1.29, 1.82) is 0 Å². The second-order valence-electron chi connectivity index (χ2n) is 30.1. The van der Waals surface area contributed by atoms with Gasteiger partial charge in [-0.1, -0.05) is 176 Å². The molecule has 4 heteroatoms. The lowest BCUT2D eigenvalue weighted by atomic mass is 9.42. The van der Waals surface area contributed by atoms with Crippen molar-refractivity contribution in [3.05, 3.63) is 184 Å². The number of hydrogen-bond donors (Lipinski definition) is 0. The van der Waals surface area contributed by atoms with Crippen LogP contribution >= 0.6 is 0 Å². The van der Waals surface area contributed by atoms with Gasteiger partial charge in [-0.25, -0.2) is 0 Å². The Balaban J connectivity index is 1.13. The van der Waals surface area contributed by atoms with Gasteiger partial charge in [-0.3, -0.25) is 0 Å². The Hall–Kier alpha value is -6.78. The molecule has 80 heavy (non-hydrogen) atoms. The molecule has 0 saturated heterocycles. The molecule has 0 fully saturated rings. The van der Waals surface area contributed by atoms with Gasteiger partial charge >= 0.3 is 6.85 Å². The van der Waals surface area contributed by atoms with Crippen molar-refractivity contribution >= 4 is 68.1 Å². The second-order valence-corrected chi connectivity index (χ2v) is 30.1. The van der Waals surface area contributed by atoms with E-state index in [2.05, 4.69) is 247 Å². The lowest BCUT2D eigenvalue weighted by molar-refractivity contribution is 0.332. The molecular weight excluding hydrogens is 968 g/mol. The minimum atomic E-state index is -0.317. The lowest BCUT2D eigenvalue weighted by Crippen LogP contribution is -2.62. The molecule has 0 N–H and O–H groups in total. The Kier molecular flexibility index (Phi) is 10.1. The maximum atomic E-state index is 7.73. The van der Waals surface area contributed by atoms with Gasteiger partial charge in [0.2, 0.25) is 0 Å². The zero-order valence-corrected chi connectivity index (χ0v) is 50.3. The molecule has 0 saturated carbocycles. The molecule has 0 spiro atoms. The highest BCUT2D eigenvalue weighted by atomic mass is 16.3. The Morgan fingerprint density at radius 3 is 1.68 bits per heavy atom. The van der Waals surface area contributed by atoms with Crippen LogP contribution in [0, 0.1) is 6.92 Å². The van der Waals surface area contributed by atoms with Crippen molar-refractivity contribution in [3.8, 4) is 33.4 Å². The van der Waals surface area contributed by atoms with Gasteiger partial charge in [0.05, 0.1) is 0 Å². The normalized spacial score (nSPS) is 20.3. The first-order valence-electron chi connectivity index (χ1n) is 30.2. The topological polar surface area (TPSA) is 19.6 Å². The average Bonchev–Trinajstić information content (AvgIpc) is 3.05. The Morgan fingerprint density at radius 2 is 1.00 bits per heavy atom. The molecule has 2 aliphatic heterocycles. The van der Waals surface area contributed by atoms with Crippen LogP contribution in [0.25, 0.3) is 55.3 Å². The summed E-state index contributed by atoms with van der Waals surface area (Å²) in [5, 5.41) is 2.42. The molecule has 402 valence electrons. The highest BCUT2D eigenvalue weighted by molar-refractivity contribution is 6.94. The van der Waals surface area contributed by atoms with Crippen LogP contribution in [0.15, 0.2) is 138 Å². The van der Waals surface area contributed by atoms with Crippen molar-refractivity contribution in [3.63, 3.8) is 0 Å². The molecule has 6 aliphatic rings. The van der Waals surface area contributed by atoms with E-state index in [4.69, 9.17) is 4.42 Å². The van der Waals surface area contributed by atoms with Crippen molar-refractivity contribution in [1.82, 2.24) is 0 Å². The number of nitrogens with zero attached hydrogens (tertiary/aromatic N) is 2. The molecule has 0 amide bonds. The van der Waals surface area contributed by atoms with E-state index in [1.807, 2.05) is 0 Å². The number of anilines is 5. The fourth-order valence-corrected chi connectivity index (χ4v) is 16.7. The zero-order valence-electron chi connectivity index (χ0n) is 50.3. The number of hydrogen-bond acceptors (Lipinski definition) is 3. The molecule has 8 aromatic carbocycles. The zero-order chi connectivity index (χ0) is 55.7. The molecule has 1 aromatic heterocycles. The van der Waals surface area contributed by atoms with E-state index >= 15 is 0 Å². The summed E-state index contributed by atoms with van der Waals surface area (Å²) in [6.07, 6.45) is 6.97. The number of furan rings is 1. The molecule has 0 unspecified atom stereocenters. The number of rotatable bonds is 3. The van der Waals surface area contributed by atoms with Crippen molar-refractivity contribution < 1.29 is 4.42 Å². The van der Waals surface area contributed by atoms with Gasteiger partial charge in [-0.15, -0.1) is 0 Å². The maximum Gasteiger partial charge on any atom is 0.333 e. The summed E-state index contributed by atoms with van der Waals surface area (Å²) in [6, 6.07) is 53.2. The van der Waals surface area contributed by atoms with Crippen LogP contribution in [0.1, 0.15) is 186 Å². The van der Waals surface area contributed by atoms with E-state index in [0.717, 1.165) is 36.8 Å². The van der Waals surface area contributed by atoms with E-state index in [0.29, 0.717) is 0 Å². The standard InChI is InChI=1S/C76H79BN2O/c1-44-37-54-57(74(10,11)35-33-71(54,4)5)42-61(44)78-62-38-46(45-21-17-16-18-22-45)25-29-59(62)77-68-63(78)41-51-48-23-19-20-24-52(48)76(14,15)67(51)66(68)65-60(79(77)47-26-28-53-55(39-47)72(6,7)32-31-70(53,2)3)30-27-49-50-40-56-58(43-64(50)80-69(49)65)75(12,13)36-34-73(56,8)9/h16-30,37-43H,31-36H2,1-15H3. The third kappa shape index (κ3) is 6.74. The van der Waals surface area contributed by atoms with Crippen molar-refractivity contribution in [2.24, 2.45) is 0 Å². The van der Waals surface area contributed by atoms with Crippen LogP contribution in [0.5, 0.6) is 0 Å². The summed E-state index contributed by atoms with van der Waals surface area (Å²) in [5.74, 6) is 0. The SMILES string of the molecule is Cc1cc2c(cc1N1c3cc(-c4ccccc4)ccc3B3c4c1cc1c(c4-c4c(ccc5c4oc4cc6c(cc45)C(C)(C)CCC6(C)C)N3c3ccc4c(c3)C(C)(C)CCC4(C)C)C(C)(C)c3ccccc3-1)C(C)(C)CCC2(C)C. The Morgan fingerprint density at radius 1 is 0.412 bits per heavy atom. The summed E-state index contributed by atoms with van der Waals surface area (Å²) in [7, 11) is 0. The molecule has 0 atom stereocenters. The van der Waals surface area contributed by atoms with Crippen LogP contribution in [0.2, 0.25) is 0 Å². The Bertz CT molecular complexity index is 4190. The largest absolute Gasteiger partial charge is 0.455 e. The van der Waals surface area contributed by atoms with E-state index in [1.54, 1.807) is 0 Å². The third-order valence-electron chi connectivity index (χ3n) is 21.9. The van der Waals surface area contributed by atoms with Gasteiger partial charge in [-0.05, 0) is 221 Å². The molecule has 3 nitrogen and oxygen atoms in total. The van der Waals surface area contributed by atoms with Gasteiger partial charge < -0.3 is 14.1 Å². The van der Waals surface area contributed by atoms with E-state index in [9.17, 15) is 0 Å². The summed E-state index contributed by atoms with van der Waals surface area (Å²) < 4.78 is 7.73. The van der Waals surface area contributed by atoms with Gasteiger partial charge in [0, 0.05) is 50.2 Å². The van der Waals surface area contributed by atoms with E-state index < -0.39 is 0 Å². The number of aryl methyl sites for hydroxylation is 1. The monoisotopic (exact) mass is 1050 g/mol. The third-order valence-corrected chi connectivity index (χ3v) is 21.9. The predicted octanol–water partition coefficient (Wildman–Crippen LogP) is 19.6. The van der Waals surface area contributed by atoms with E-state index in [-0.39, 0.29) is 44.8 Å². The van der Waals surface area contributed by atoms with Gasteiger partial charge in [0.25, 0.3) is 0 Å². The van der Waals surface area contributed by atoms with Crippen LogP contribution in [0.4, 0.5) is 28.4 Å². The predicted molar refractivity (Wildman–Crippen MR) is 341 cm³/mol. The summed E-state index contributed by atoms with van der Waals surface area (Å²) in [5.41, 5.74) is 31.4. The molecule has 0 radical (unpaired) electrons. The summed E-state index contributed by atoms with van der Waals surface area (Å²) in [4.78, 5) is 5.51. The Labute approximate surface area is 476 Å². The fraction of sp³-hybridized carbons (Fsp3) is 0.368. The first-order chi connectivity index (χ1) is 37.8. The number of fused-ring (bicyclic) bond motifs is 15.